The van der Waals surface area contributed by atoms with E-state index in [1.807, 2.05) is 0 Å². The summed E-state index contributed by atoms with van der Waals surface area (Å²) in [5.41, 5.74) is -0.174. The van der Waals surface area contributed by atoms with Gasteiger partial charge in [-0.15, -0.1) is 0 Å². The SMILES string of the molecule is O=C(O)c1cc(F)c(Cl)nc1Cl.OCc1cc(F)c(Cl)nc1Cl. The maximum absolute atomic E-state index is 12.6. The van der Waals surface area contributed by atoms with E-state index in [1.54, 1.807) is 0 Å². The highest BCUT2D eigenvalue weighted by Gasteiger charge is 2.13. The Hall–Kier alpha value is -1.25. The number of carboxylic acid groups (broad SMARTS) is 1. The molecule has 0 aliphatic carbocycles. The standard InChI is InChI=1S/C6H2Cl2FNO2.C6H4Cl2FNO/c7-4-2(6(11)12)1-3(9)5(8)10-4;7-5-3(2-11)1-4(9)6(8)10-5/h1H,(H,11,12);1,11H,2H2. The van der Waals surface area contributed by atoms with E-state index in [2.05, 4.69) is 9.97 Å². The van der Waals surface area contributed by atoms with Gasteiger partial charge in [-0.1, -0.05) is 46.4 Å². The van der Waals surface area contributed by atoms with Gasteiger partial charge in [0.1, 0.15) is 10.3 Å². The van der Waals surface area contributed by atoms with Crippen molar-refractivity contribution in [3.63, 3.8) is 0 Å². The van der Waals surface area contributed by atoms with Crippen molar-refractivity contribution < 1.29 is 23.8 Å². The average Bonchev–Trinajstić information content (AvgIpc) is 2.47. The van der Waals surface area contributed by atoms with Crippen LogP contribution in [0.15, 0.2) is 12.1 Å². The quantitative estimate of drug-likeness (QED) is 0.730. The zero-order chi connectivity index (χ0) is 17.7. The maximum atomic E-state index is 12.6. The van der Waals surface area contributed by atoms with Gasteiger partial charge in [0.2, 0.25) is 0 Å². The topological polar surface area (TPSA) is 83.3 Å². The van der Waals surface area contributed by atoms with Crippen molar-refractivity contribution in [2.24, 2.45) is 0 Å². The van der Waals surface area contributed by atoms with Gasteiger partial charge in [0.15, 0.2) is 21.9 Å². The number of nitrogens with zero attached hydrogens (tertiary/aromatic N) is 2. The number of carboxylic acids is 1. The van der Waals surface area contributed by atoms with Gasteiger partial charge in [-0.05, 0) is 12.1 Å². The lowest BCUT2D eigenvalue weighted by Gasteiger charge is -1.99. The van der Waals surface area contributed by atoms with E-state index in [0.717, 1.165) is 12.1 Å². The fraction of sp³-hybridized carbons (Fsp3) is 0.0833. The van der Waals surface area contributed by atoms with Gasteiger partial charge in [-0.25, -0.2) is 23.5 Å². The molecule has 0 saturated carbocycles. The minimum atomic E-state index is -1.34. The lowest BCUT2D eigenvalue weighted by molar-refractivity contribution is 0.0696. The van der Waals surface area contributed by atoms with Crippen molar-refractivity contribution in [2.45, 2.75) is 6.61 Å². The molecule has 0 aliphatic rings. The van der Waals surface area contributed by atoms with Crippen molar-refractivity contribution in [2.75, 3.05) is 0 Å². The van der Waals surface area contributed by atoms with Crippen LogP contribution in [-0.2, 0) is 6.61 Å². The summed E-state index contributed by atoms with van der Waals surface area (Å²) < 4.78 is 25.2. The smallest absolute Gasteiger partial charge is 0.338 e. The van der Waals surface area contributed by atoms with Crippen molar-refractivity contribution in [1.82, 2.24) is 9.97 Å². The number of aromatic carboxylic acids is 1. The van der Waals surface area contributed by atoms with E-state index in [0.29, 0.717) is 0 Å². The summed E-state index contributed by atoms with van der Waals surface area (Å²) in [5, 5.41) is 16.0. The van der Waals surface area contributed by atoms with Gasteiger partial charge < -0.3 is 10.2 Å². The Balaban J connectivity index is 0.000000231. The van der Waals surface area contributed by atoms with Crippen molar-refractivity contribution in [3.8, 4) is 0 Å². The minimum absolute atomic E-state index is 0.0268. The first-order chi connectivity index (χ1) is 10.7. The predicted octanol–water partition coefficient (Wildman–Crippen LogP) is 4.25. The van der Waals surface area contributed by atoms with Crippen LogP contribution in [0.1, 0.15) is 15.9 Å². The molecule has 2 heterocycles. The van der Waals surface area contributed by atoms with E-state index in [4.69, 9.17) is 56.6 Å². The first kappa shape index (κ1) is 19.8. The second-order valence-electron chi connectivity index (χ2n) is 3.77. The first-order valence-corrected chi connectivity index (χ1v) is 7.04. The summed E-state index contributed by atoms with van der Waals surface area (Å²) in [6.07, 6.45) is 0. The van der Waals surface area contributed by atoms with Crippen LogP contribution in [0.4, 0.5) is 8.78 Å². The Bertz CT molecular complexity index is 747. The third-order valence-corrected chi connectivity index (χ3v) is 3.39. The van der Waals surface area contributed by atoms with Crippen LogP contribution >= 0.6 is 46.4 Å². The molecule has 2 aromatic heterocycles. The van der Waals surface area contributed by atoms with E-state index < -0.39 is 28.3 Å². The summed E-state index contributed by atoms with van der Waals surface area (Å²) in [5.74, 6) is -2.93. The Morgan fingerprint density at radius 3 is 1.91 bits per heavy atom. The summed E-state index contributed by atoms with van der Waals surface area (Å²) in [6.45, 7) is -0.347. The van der Waals surface area contributed by atoms with Crippen molar-refractivity contribution in [3.05, 3.63) is 55.5 Å². The molecule has 0 radical (unpaired) electrons. The Morgan fingerprint density at radius 2 is 1.43 bits per heavy atom. The molecule has 0 amide bonds. The van der Waals surface area contributed by atoms with Crippen LogP contribution in [0.2, 0.25) is 20.6 Å². The Kier molecular flexibility index (Phi) is 7.37. The highest BCUT2D eigenvalue weighted by molar-refractivity contribution is 6.34. The van der Waals surface area contributed by atoms with E-state index in [9.17, 15) is 13.6 Å². The van der Waals surface area contributed by atoms with Gasteiger partial charge in [0.05, 0.1) is 12.2 Å². The van der Waals surface area contributed by atoms with Gasteiger partial charge in [-0.3, -0.25) is 0 Å². The minimum Gasteiger partial charge on any atom is -0.478 e. The van der Waals surface area contributed by atoms with E-state index >= 15 is 0 Å². The normalized spacial score (nSPS) is 10.0. The number of aliphatic hydroxyl groups is 1. The molecule has 0 fully saturated rings. The molecule has 0 aliphatic heterocycles. The Morgan fingerprint density at radius 1 is 0.957 bits per heavy atom. The van der Waals surface area contributed by atoms with Gasteiger partial charge >= 0.3 is 5.97 Å². The highest BCUT2D eigenvalue weighted by Crippen LogP contribution is 2.20. The highest BCUT2D eigenvalue weighted by atomic mass is 35.5. The van der Waals surface area contributed by atoms with Crippen molar-refractivity contribution in [1.29, 1.82) is 0 Å². The Labute approximate surface area is 148 Å². The number of hydrogen-bond acceptors (Lipinski definition) is 4. The largest absolute Gasteiger partial charge is 0.478 e. The summed E-state index contributed by atoms with van der Waals surface area (Å²) in [6, 6.07) is 1.78. The summed E-state index contributed by atoms with van der Waals surface area (Å²) >= 11 is 21.4. The van der Waals surface area contributed by atoms with Crippen LogP contribution in [0, 0.1) is 11.6 Å². The fourth-order valence-electron chi connectivity index (χ4n) is 1.19. The molecule has 0 aromatic carbocycles. The second kappa shape index (κ2) is 8.56. The van der Waals surface area contributed by atoms with Gasteiger partial charge in [0.25, 0.3) is 0 Å². The molecule has 0 unspecified atom stereocenters. The van der Waals surface area contributed by atoms with Gasteiger partial charge in [0, 0.05) is 5.56 Å². The zero-order valence-electron chi connectivity index (χ0n) is 10.8. The number of pyridine rings is 2. The molecule has 124 valence electrons. The molecule has 0 atom stereocenters. The first-order valence-electron chi connectivity index (χ1n) is 5.53. The molecule has 5 nitrogen and oxygen atoms in total. The van der Waals surface area contributed by atoms with Crippen LogP contribution in [0.25, 0.3) is 0 Å². The van der Waals surface area contributed by atoms with Crippen LogP contribution in [0.5, 0.6) is 0 Å². The maximum Gasteiger partial charge on any atom is 0.338 e. The molecule has 0 bridgehead atoms. The third-order valence-electron chi connectivity index (χ3n) is 2.25. The number of carbonyl (C=O) groups is 1. The van der Waals surface area contributed by atoms with Crippen LogP contribution in [0.3, 0.4) is 0 Å². The zero-order valence-corrected chi connectivity index (χ0v) is 13.9. The number of rotatable bonds is 2. The second-order valence-corrected chi connectivity index (χ2v) is 5.21. The van der Waals surface area contributed by atoms with E-state index in [1.165, 1.54) is 0 Å². The fourth-order valence-corrected chi connectivity index (χ4v) is 1.97. The number of aliphatic hydroxyl groups excluding tert-OH is 1. The number of hydrogen-bond donors (Lipinski definition) is 2. The predicted molar refractivity (Wildman–Crippen MR) is 81.3 cm³/mol. The molecule has 2 N–H and O–H groups in total. The molecule has 2 aromatic rings. The molecule has 23 heavy (non-hydrogen) atoms. The van der Waals surface area contributed by atoms with Crippen molar-refractivity contribution >= 4 is 52.4 Å². The molecule has 0 saturated heterocycles. The lowest BCUT2D eigenvalue weighted by atomic mass is 10.3. The van der Waals surface area contributed by atoms with Gasteiger partial charge in [-0.2, -0.15) is 0 Å². The molecule has 11 heteroatoms. The molecule has 0 spiro atoms. The monoisotopic (exact) mass is 404 g/mol. The number of halogens is 6. The number of aromatic nitrogens is 2. The molecular formula is C12H6Cl4F2N2O3. The molecular weight excluding hydrogens is 400 g/mol. The van der Waals surface area contributed by atoms with Crippen LogP contribution in [-0.4, -0.2) is 26.2 Å². The third kappa shape index (κ3) is 5.40. The molecule has 2 rings (SSSR count). The van der Waals surface area contributed by atoms with E-state index in [-0.39, 0.29) is 27.6 Å². The van der Waals surface area contributed by atoms with Crippen LogP contribution < -0.4 is 0 Å². The summed E-state index contributed by atoms with van der Waals surface area (Å²) in [4.78, 5) is 17.1. The summed E-state index contributed by atoms with van der Waals surface area (Å²) in [7, 11) is 0. The lowest BCUT2D eigenvalue weighted by Crippen LogP contribution is -2.00. The average molecular weight is 406 g/mol.